The number of aryl methyl sites for hydroxylation is 1. The average Bonchev–Trinajstić information content (AvgIpc) is 2.39. The Labute approximate surface area is 114 Å². The van der Waals surface area contributed by atoms with E-state index < -0.39 is 0 Å². The van der Waals surface area contributed by atoms with Crippen molar-refractivity contribution in [2.24, 2.45) is 5.92 Å². The van der Waals surface area contributed by atoms with Crippen LogP contribution in [0.4, 0.5) is 10.5 Å². The monoisotopic (exact) mass is 266 g/mol. The van der Waals surface area contributed by atoms with Crippen LogP contribution in [0.2, 0.25) is 0 Å². The van der Waals surface area contributed by atoms with E-state index in [0.29, 0.717) is 24.4 Å². The first-order valence-corrected chi connectivity index (χ1v) is 6.37. The summed E-state index contributed by atoms with van der Waals surface area (Å²) in [4.78, 5) is 11.7. The lowest BCUT2D eigenvalue weighted by Crippen LogP contribution is -2.32. The van der Waals surface area contributed by atoms with Crippen LogP contribution in [0, 0.1) is 12.8 Å². The minimum Gasteiger partial charge on any atom is -0.495 e. The molecule has 1 rings (SSSR count). The highest BCUT2D eigenvalue weighted by Crippen LogP contribution is 2.24. The number of hydrogen-bond donors (Lipinski definition) is 3. The van der Waals surface area contributed by atoms with Gasteiger partial charge in [0.05, 0.1) is 12.8 Å². The molecule has 0 saturated carbocycles. The van der Waals surface area contributed by atoms with Crippen LogP contribution < -0.4 is 15.4 Å². The Balaban J connectivity index is 2.52. The quantitative estimate of drug-likeness (QED) is 0.738. The van der Waals surface area contributed by atoms with Crippen LogP contribution in [0.3, 0.4) is 0 Å². The van der Waals surface area contributed by atoms with Gasteiger partial charge in [-0.25, -0.2) is 4.79 Å². The Hall–Kier alpha value is -1.75. The number of methoxy groups -OCH3 is 1. The van der Waals surface area contributed by atoms with Crippen molar-refractivity contribution in [3.63, 3.8) is 0 Å². The first kappa shape index (κ1) is 15.3. The van der Waals surface area contributed by atoms with Gasteiger partial charge in [0, 0.05) is 13.2 Å². The molecule has 1 atom stereocenters. The van der Waals surface area contributed by atoms with Crippen molar-refractivity contribution >= 4 is 11.7 Å². The standard InChI is InChI=1S/C14H22N2O3/c1-10-4-5-12(13(8-10)19-3)16-14(18)15-9-11(2)6-7-17/h4-5,8,11,17H,6-7,9H2,1-3H3,(H2,15,16,18). The third-order valence-electron chi connectivity index (χ3n) is 2.84. The van der Waals surface area contributed by atoms with E-state index in [2.05, 4.69) is 10.6 Å². The van der Waals surface area contributed by atoms with Gasteiger partial charge in [0.15, 0.2) is 0 Å². The fourth-order valence-electron chi connectivity index (χ4n) is 1.66. The van der Waals surface area contributed by atoms with Crippen LogP contribution in [-0.4, -0.2) is 31.4 Å². The second-order valence-corrected chi connectivity index (χ2v) is 4.66. The van der Waals surface area contributed by atoms with Gasteiger partial charge in [0.1, 0.15) is 5.75 Å². The summed E-state index contributed by atoms with van der Waals surface area (Å²) in [5.74, 6) is 0.884. The normalized spacial score (nSPS) is 11.8. The highest BCUT2D eigenvalue weighted by molar-refractivity contribution is 5.90. The van der Waals surface area contributed by atoms with Gasteiger partial charge in [-0.1, -0.05) is 13.0 Å². The first-order valence-electron chi connectivity index (χ1n) is 6.37. The van der Waals surface area contributed by atoms with Crippen LogP contribution >= 0.6 is 0 Å². The van der Waals surface area contributed by atoms with E-state index in [9.17, 15) is 4.79 Å². The molecule has 0 spiro atoms. The van der Waals surface area contributed by atoms with Gasteiger partial charge in [-0.05, 0) is 37.0 Å². The van der Waals surface area contributed by atoms with Crippen molar-refractivity contribution in [3.8, 4) is 5.75 Å². The van der Waals surface area contributed by atoms with Gasteiger partial charge in [-0.3, -0.25) is 0 Å². The summed E-state index contributed by atoms with van der Waals surface area (Å²) in [7, 11) is 1.57. The van der Waals surface area contributed by atoms with E-state index in [1.54, 1.807) is 7.11 Å². The third kappa shape index (κ3) is 5.18. The second-order valence-electron chi connectivity index (χ2n) is 4.66. The molecule has 1 aromatic carbocycles. The van der Waals surface area contributed by atoms with Crippen LogP contribution in [0.1, 0.15) is 18.9 Å². The Kier molecular flexibility index (Phi) is 6.15. The molecule has 0 aliphatic heterocycles. The predicted molar refractivity (Wildman–Crippen MR) is 75.6 cm³/mol. The lowest BCUT2D eigenvalue weighted by molar-refractivity contribution is 0.243. The Morgan fingerprint density at radius 3 is 2.84 bits per heavy atom. The fourth-order valence-corrected chi connectivity index (χ4v) is 1.66. The van der Waals surface area contributed by atoms with Gasteiger partial charge in [0.25, 0.3) is 0 Å². The molecule has 0 aliphatic carbocycles. The van der Waals surface area contributed by atoms with E-state index in [0.717, 1.165) is 5.56 Å². The number of hydrogen-bond acceptors (Lipinski definition) is 3. The summed E-state index contributed by atoms with van der Waals surface area (Å²) in [6.45, 7) is 4.60. The molecule has 0 fully saturated rings. The minimum atomic E-state index is -0.271. The van der Waals surface area contributed by atoms with Gasteiger partial charge in [-0.15, -0.1) is 0 Å². The number of rotatable bonds is 6. The van der Waals surface area contributed by atoms with E-state index in [4.69, 9.17) is 9.84 Å². The summed E-state index contributed by atoms with van der Waals surface area (Å²) >= 11 is 0. The number of aliphatic hydroxyl groups excluding tert-OH is 1. The average molecular weight is 266 g/mol. The van der Waals surface area contributed by atoms with E-state index in [1.807, 2.05) is 32.0 Å². The highest BCUT2D eigenvalue weighted by Gasteiger charge is 2.08. The first-order chi connectivity index (χ1) is 9.06. The van der Waals surface area contributed by atoms with Crippen molar-refractivity contribution in [2.45, 2.75) is 20.3 Å². The van der Waals surface area contributed by atoms with Crippen molar-refractivity contribution < 1.29 is 14.6 Å². The maximum Gasteiger partial charge on any atom is 0.319 e. The molecule has 5 nitrogen and oxygen atoms in total. The minimum absolute atomic E-state index is 0.135. The molecule has 0 bridgehead atoms. The molecule has 0 aromatic heterocycles. The Bertz CT molecular complexity index is 421. The molecular weight excluding hydrogens is 244 g/mol. The summed E-state index contributed by atoms with van der Waals surface area (Å²) in [5.41, 5.74) is 1.71. The zero-order chi connectivity index (χ0) is 14.3. The Morgan fingerprint density at radius 2 is 2.21 bits per heavy atom. The smallest absolute Gasteiger partial charge is 0.319 e. The maximum absolute atomic E-state index is 11.7. The lowest BCUT2D eigenvalue weighted by atomic mass is 10.1. The van der Waals surface area contributed by atoms with E-state index in [1.165, 1.54) is 0 Å². The molecule has 106 valence electrons. The molecule has 0 aliphatic rings. The molecule has 5 heteroatoms. The van der Waals surface area contributed by atoms with Gasteiger partial charge < -0.3 is 20.5 Å². The molecule has 0 radical (unpaired) electrons. The van der Waals surface area contributed by atoms with Gasteiger partial charge >= 0.3 is 6.03 Å². The number of amides is 2. The molecule has 0 heterocycles. The SMILES string of the molecule is COc1cc(C)ccc1NC(=O)NCC(C)CCO. The Morgan fingerprint density at radius 1 is 1.47 bits per heavy atom. The summed E-state index contributed by atoms with van der Waals surface area (Å²) in [6.07, 6.45) is 0.675. The van der Waals surface area contributed by atoms with Crippen LogP contribution in [0.15, 0.2) is 18.2 Å². The number of anilines is 1. The van der Waals surface area contributed by atoms with Gasteiger partial charge in [0.2, 0.25) is 0 Å². The summed E-state index contributed by atoms with van der Waals surface area (Å²) < 4.78 is 5.22. The van der Waals surface area contributed by atoms with Crippen LogP contribution in [-0.2, 0) is 0 Å². The predicted octanol–water partition coefficient (Wildman–Crippen LogP) is 2.14. The molecular formula is C14H22N2O3. The summed E-state index contributed by atoms with van der Waals surface area (Å²) in [5, 5.41) is 14.3. The zero-order valence-corrected chi connectivity index (χ0v) is 11.7. The number of nitrogens with one attached hydrogen (secondary N) is 2. The number of ether oxygens (including phenoxy) is 1. The molecule has 3 N–H and O–H groups in total. The topological polar surface area (TPSA) is 70.6 Å². The number of aliphatic hydroxyl groups is 1. The van der Waals surface area contributed by atoms with E-state index >= 15 is 0 Å². The highest BCUT2D eigenvalue weighted by atomic mass is 16.5. The largest absolute Gasteiger partial charge is 0.495 e. The van der Waals surface area contributed by atoms with Crippen LogP contribution in [0.25, 0.3) is 0 Å². The molecule has 19 heavy (non-hydrogen) atoms. The second kappa shape index (κ2) is 7.63. The van der Waals surface area contributed by atoms with Crippen LogP contribution in [0.5, 0.6) is 5.75 Å². The molecule has 1 unspecified atom stereocenters. The van der Waals surface area contributed by atoms with Crippen molar-refractivity contribution in [2.75, 3.05) is 25.6 Å². The molecule has 1 aromatic rings. The number of carbonyl (C=O) groups excluding carboxylic acids is 1. The zero-order valence-electron chi connectivity index (χ0n) is 11.7. The third-order valence-corrected chi connectivity index (χ3v) is 2.84. The molecule has 0 saturated heterocycles. The fraction of sp³-hybridized carbons (Fsp3) is 0.500. The van der Waals surface area contributed by atoms with E-state index in [-0.39, 0.29) is 18.6 Å². The van der Waals surface area contributed by atoms with Crippen molar-refractivity contribution in [1.29, 1.82) is 0 Å². The summed E-state index contributed by atoms with van der Waals surface area (Å²) in [6, 6.07) is 5.31. The number of benzene rings is 1. The molecule has 2 amide bonds. The number of carbonyl (C=O) groups is 1. The van der Waals surface area contributed by atoms with Crippen molar-refractivity contribution in [3.05, 3.63) is 23.8 Å². The lowest BCUT2D eigenvalue weighted by Gasteiger charge is -2.14. The van der Waals surface area contributed by atoms with Gasteiger partial charge in [-0.2, -0.15) is 0 Å². The maximum atomic E-state index is 11.7. The number of urea groups is 1. The van der Waals surface area contributed by atoms with Crippen molar-refractivity contribution in [1.82, 2.24) is 5.32 Å².